The molecule has 0 amide bonds. The van der Waals surface area contributed by atoms with Crippen molar-refractivity contribution in [3.63, 3.8) is 0 Å². The van der Waals surface area contributed by atoms with Crippen LogP contribution in [0.15, 0.2) is 188 Å². The molecule has 9 aromatic carbocycles. The van der Waals surface area contributed by atoms with E-state index in [-0.39, 0.29) is 0 Å². The number of fused-ring (bicyclic) bond motifs is 9. The summed E-state index contributed by atoms with van der Waals surface area (Å²) in [5, 5.41) is 10.3. The van der Waals surface area contributed by atoms with Gasteiger partial charge < -0.3 is 4.57 Å². The van der Waals surface area contributed by atoms with Crippen molar-refractivity contribution in [3.05, 3.63) is 188 Å². The quantitative estimate of drug-likeness (QED) is 0.163. The third kappa shape index (κ3) is 4.55. The first-order chi connectivity index (χ1) is 25.8. The van der Waals surface area contributed by atoms with Gasteiger partial charge in [0.25, 0.3) is 0 Å². The second kappa shape index (κ2) is 11.5. The molecule has 0 aliphatic carbocycles. The molecule has 0 aliphatic heterocycles. The van der Waals surface area contributed by atoms with Crippen molar-refractivity contribution in [2.45, 2.75) is 0 Å². The molecular weight excluding hydrogens is 647 g/mol. The third-order valence-corrected chi connectivity index (χ3v) is 11.9. The zero-order valence-corrected chi connectivity index (χ0v) is 29.1. The number of para-hydroxylation sites is 1. The van der Waals surface area contributed by atoms with Gasteiger partial charge >= 0.3 is 0 Å². The molecule has 0 radical (unpaired) electrons. The van der Waals surface area contributed by atoms with E-state index in [1.54, 1.807) is 0 Å². The second-order valence-corrected chi connectivity index (χ2v) is 14.8. The Morgan fingerprint density at radius 3 is 1.71 bits per heavy atom. The van der Waals surface area contributed by atoms with Gasteiger partial charge in [0, 0.05) is 36.6 Å². The number of benzene rings is 9. The van der Waals surface area contributed by atoms with Gasteiger partial charge in [0.05, 0.1) is 11.0 Å². The summed E-state index contributed by atoms with van der Waals surface area (Å²) in [5.41, 5.74) is 10.9. The van der Waals surface area contributed by atoms with Gasteiger partial charge in [-0.25, -0.2) is 0 Å². The highest BCUT2D eigenvalue weighted by Gasteiger charge is 2.18. The molecule has 0 aliphatic rings. The minimum absolute atomic E-state index is 1.16. The van der Waals surface area contributed by atoms with Crippen LogP contribution < -0.4 is 0 Å². The van der Waals surface area contributed by atoms with Crippen molar-refractivity contribution >= 4 is 74.9 Å². The lowest BCUT2D eigenvalue weighted by Crippen LogP contribution is -1.96. The largest absolute Gasteiger partial charge is 0.309 e. The number of thiophene rings is 1. The molecule has 0 fully saturated rings. The molecule has 2 heteroatoms. The molecule has 52 heavy (non-hydrogen) atoms. The lowest BCUT2D eigenvalue weighted by Gasteiger charge is -2.15. The lowest BCUT2D eigenvalue weighted by atomic mass is 9.91. The molecule has 1 nitrogen and oxygen atoms in total. The second-order valence-electron chi connectivity index (χ2n) is 13.7. The molecule has 0 atom stereocenters. The first kappa shape index (κ1) is 29.3. The first-order valence-electron chi connectivity index (χ1n) is 17.8. The average Bonchev–Trinajstić information content (AvgIpc) is 3.75. The van der Waals surface area contributed by atoms with Gasteiger partial charge in [0.15, 0.2) is 0 Å². The Morgan fingerprint density at radius 2 is 0.942 bits per heavy atom. The van der Waals surface area contributed by atoms with E-state index in [2.05, 4.69) is 193 Å². The standard InChI is InChI=1S/C50H31NS/c1-3-13-32(14-4-1)36-25-37(33-15-5-2-6-16-33)27-38(26-36)51-47-21-11-9-19-40(47)45-29-35(23-24-48(45)51)42-28-34-17-7-8-18-39(34)43-30-46-41-20-10-12-22-49(41)52-50(46)31-44(42)43/h1-31H. The van der Waals surface area contributed by atoms with Crippen LogP contribution >= 0.6 is 11.3 Å². The van der Waals surface area contributed by atoms with E-state index in [1.807, 2.05) is 11.3 Å². The van der Waals surface area contributed by atoms with Gasteiger partial charge in [0.1, 0.15) is 0 Å². The van der Waals surface area contributed by atoms with Crippen molar-refractivity contribution in [2.24, 2.45) is 0 Å². The highest BCUT2D eigenvalue weighted by atomic mass is 32.1. The van der Waals surface area contributed by atoms with Crippen LogP contribution in [0.1, 0.15) is 0 Å². The normalized spacial score (nSPS) is 11.8. The minimum atomic E-state index is 1.16. The predicted octanol–water partition coefficient (Wildman–Crippen LogP) is 14.5. The van der Waals surface area contributed by atoms with E-state index < -0.39 is 0 Å². The smallest absolute Gasteiger partial charge is 0.0541 e. The fraction of sp³-hybridized carbons (Fsp3) is 0. The maximum atomic E-state index is 2.45. The SMILES string of the molecule is c1ccc(-c2cc(-c3ccccc3)cc(-n3c4ccccc4c4cc(-c5cc6ccccc6c6cc7c(cc56)sc5ccccc57)ccc43)c2)cc1. The molecule has 0 bridgehead atoms. The number of nitrogens with zero attached hydrogens (tertiary/aromatic N) is 1. The molecule has 0 N–H and O–H groups in total. The molecule has 2 heterocycles. The molecule has 0 unspecified atom stereocenters. The summed E-state index contributed by atoms with van der Waals surface area (Å²) in [5.74, 6) is 0. The summed E-state index contributed by atoms with van der Waals surface area (Å²) in [4.78, 5) is 0. The van der Waals surface area contributed by atoms with Gasteiger partial charge in [-0.05, 0) is 116 Å². The molecule has 0 saturated heterocycles. The van der Waals surface area contributed by atoms with Crippen LogP contribution in [0.3, 0.4) is 0 Å². The lowest BCUT2D eigenvalue weighted by molar-refractivity contribution is 1.18. The number of hydrogen-bond acceptors (Lipinski definition) is 1. The topological polar surface area (TPSA) is 4.93 Å². The maximum Gasteiger partial charge on any atom is 0.0541 e. The third-order valence-electron chi connectivity index (χ3n) is 10.7. The predicted molar refractivity (Wildman–Crippen MR) is 225 cm³/mol. The van der Waals surface area contributed by atoms with Crippen molar-refractivity contribution in [1.82, 2.24) is 4.57 Å². The number of hydrogen-bond donors (Lipinski definition) is 0. The van der Waals surface area contributed by atoms with Crippen LogP contribution in [-0.4, -0.2) is 4.57 Å². The Balaban J connectivity index is 1.17. The maximum absolute atomic E-state index is 2.45. The molecular formula is C50H31NS. The fourth-order valence-electron chi connectivity index (χ4n) is 8.31. The Kier molecular flexibility index (Phi) is 6.49. The van der Waals surface area contributed by atoms with Gasteiger partial charge in [-0.3, -0.25) is 0 Å². The van der Waals surface area contributed by atoms with Crippen LogP contribution in [0.5, 0.6) is 0 Å². The monoisotopic (exact) mass is 677 g/mol. The van der Waals surface area contributed by atoms with E-state index in [4.69, 9.17) is 0 Å². The summed E-state index contributed by atoms with van der Waals surface area (Å²) in [6.07, 6.45) is 0. The zero-order chi connectivity index (χ0) is 34.2. The highest BCUT2D eigenvalue weighted by molar-refractivity contribution is 7.25. The molecule has 0 spiro atoms. The summed E-state index contributed by atoms with van der Waals surface area (Å²) < 4.78 is 5.11. The summed E-state index contributed by atoms with van der Waals surface area (Å²) in [7, 11) is 0. The Labute approximate surface area is 305 Å². The van der Waals surface area contributed by atoms with Gasteiger partial charge in [-0.15, -0.1) is 11.3 Å². The highest BCUT2D eigenvalue weighted by Crippen LogP contribution is 2.44. The van der Waals surface area contributed by atoms with Crippen LogP contribution in [-0.2, 0) is 0 Å². The molecule has 0 saturated carbocycles. The van der Waals surface area contributed by atoms with Crippen LogP contribution in [0.2, 0.25) is 0 Å². The Bertz CT molecular complexity index is 3110. The van der Waals surface area contributed by atoms with E-state index >= 15 is 0 Å². The zero-order valence-electron chi connectivity index (χ0n) is 28.3. The van der Waals surface area contributed by atoms with E-state index in [0.717, 1.165) is 5.69 Å². The van der Waals surface area contributed by atoms with Crippen molar-refractivity contribution in [1.29, 1.82) is 0 Å². The average molecular weight is 678 g/mol. The first-order valence-corrected chi connectivity index (χ1v) is 18.7. The molecule has 2 aromatic heterocycles. The Morgan fingerprint density at radius 1 is 0.308 bits per heavy atom. The van der Waals surface area contributed by atoms with Crippen LogP contribution in [0.25, 0.3) is 103 Å². The number of rotatable bonds is 4. The van der Waals surface area contributed by atoms with Gasteiger partial charge in [-0.1, -0.05) is 127 Å². The summed E-state index contributed by atoms with van der Waals surface area (Å²) in [6.45, 7) is 0. The van der Waals surface area contributed by atoms with Crippen LogP contribution in [0, 0.1) is 0 Å². The fourth-order valence-corrected chi connectivity index (χ4v) is 9.44. The van der Waals surface area contributed by atoms with Crippen molar-refractivity contribution in [3.8, 4) is 39.1 Å². The molecule has 11 aromatic rings. The van der Waals surface area contributed by atoms with Gasteiger partial charge in [-0.2, -0.15) is 0 Å². The minimum Gasteiger partial charge on any atom is -0.309 e. The van der Waals surface area contributed by atoms with Crippen molar-refractivity contribution < 1.29 is 0 Å². The van der Waals surface area contributed by atoms with Gasteiger partial charge in [0.2, 0.25) is 0 Å². The van der Waals surface area contributed by atoms with Crippen LogP contribution in [0.4, 0.5) is 0 Å². The van der Waals surface area contributed by atoms with E-state index in [0.29, 0.717) is 0 Å². The molecule has 242 valence electrons. The summed E-state index contributed by atoms with van der Waals surface area (Å²) >= 11 is 1.89. The number of aromatic nitrogens is 1. The molecule has 11 rings (SSSR count). The Hall–Kier alpha value is -6.48. The summed E-state index contributed by atoms with van der Waals surface area (Å²) in [6, 6.07) is 69.3. The van der Waals surface area contributed by atoms with E-state index in [1.165, 1.54) is 96.9 Å². The van der Waals surface area contributed by atoms with Crippen molar-refractivity contribution in [2.75, 3.05) is 0 Å². The van der Waals surface area contributed by atoms with E-state index in [9.17, 15) is 0 Å².